The van der Waals surface area contributed by atoms with E-state index in [1.165, 1.54) is 4.90 Å². The monoisotopic (exact) mass is 531 g/mol. The molecule has 1 saturated heterocycles. The minimum absolute atomic E-state index is 0. The van der Waals surface area contributed by atoms with Gasteiger partial charge in [-0.3, -0.25) is 19.5 Å². The number of likely N-dealkylation sites (tertiary alicyclic amines) is 1. The number of fused-ring (bicyclic) bond motifs is 5. The van der Waals surface area contributed by atoms with Crippen LogP contribution in [0.4, 0.5) is 0 Å². The number of aliphatic imine (C=N–C) groups is 1. The van der Waals surface area contributed by atoms with Gasteiger partial charge in [0.2, 0.25) is 11.8 Å². The van der Waals surface area contributed by atoms with Crippen molar-refractivity contribution in [3.8, 4) is 0 Å². The van der Waals surface area contributed by atoms with Gasteiger partial charge >= 0.3 is 0 Å². The lowest BCUT2D eigenvalue weighted by molar-refractivity contribution is -0.140. The number of carbonyl (C=O) groups is 2. The Morgan fingerprint density at radius 2 is 1.70 bits per heavy atom. The van der Waals surface area contributed by atoms with Gasteiger partial charge in [-0.05, 0) is 57.7 Å². The van der Waals surface area contributed by atoms with Crippen LogP contribution in [-0.4, -0.2) is 73.4 Å². The lowest BCUT2D eigenvalue weighted by atomic mass is 9.85. The third kappa shape index (κ3) is 5.55. The van der Waals surface area contributed by atoms with Crippen molar-refractivity contribution in [1.29, 1.82) is 0 Å². The average Bonchev–Trinajstić information content (AvgIpc) is 3.40. The van der Waals surface area contributed by atoms with Crippen molar-refractivity contribution >= 4 is 41.8 Å². The summed E-state index contributed by atoms with van der Waals surface area (Å²) in [7, 11) is 0. The fourth-order valence-corrected chi connectivity index (χ4v) is 5.00. The van der Waals surface area contributed by atoms with Crippen LogP contribution in [0.25, 0.3) is 0 Å². The lowest BCUT2D eigenvalue weighted by Gasteiger charge is -2.18. The van der Waals surface area contributed by atoms with Crippen molar-refractivity contribution < 1.29 is 9.59 Å². The van der Waals surface area contributed by atoms with E-state index >= 15 is 0 Å². The van der Waals surface area contributed by atoms with Crippen molar-refractivity contribution in [3.63, 3.8) is 0 Å². The molecule has 170 valence electrons. The highest BCUT2D eigenvalue weighted by Gasteiger charge is 2.58. The molecule has 2 fully saturated rings. The van der Waals surface area contributed by atoms with Crippen molar-refractivity contribution in [1.82, 2.24) is 20.4 Å². The number of hydrogen-bond donors (Lipinski definition) is 2. The normalized spacial score (nSPS) is 27.1. The zero-order chi connectivity index (χ0) is 20.8. The zero-order valence-electron chi connectivity index (χ0n) is 18.6. The standard InChI is InChI=1S/C22H37N5O2.HI/c1-4-23-22(24-11-7-13-26(5-2)6-3)25-12-8-14-27-20(28)18-16-9-10-17(15-16)19(18)21(27)29;/h9-10,16-19H,4-8,11-15H2,1-3H3,(H2,23,24,25);1H. The number of rotatable bonds is 11. The van der Waals surface area contributed by atoms with Gasteiger partial charge in [0.15, 0.2) is 5.96 Å². The number of halogens is 1. The van der Waals surface area contributed by atoms with E-state index in [-0.39, 0.29) is 59.5 Å². The number of guanidine groups is 1. The van der Waals surface area contributed by atoms with Gasteiger partial charge in [-0.1, -0.05) is 26.0 Å². The van der Waals surface area contributed by atoms with Gasteiger partial charge in [-0.25, -0.2) is 0 Å². The molecule has 4 unspecified atom stereocenters. The predicted octanol–water partition coefficient (Wildman–Crippen LogP) is 2.09. The molecule has 4 atom stereocenters. The summed E-state index contributed by atoms with van der Waals surface area (Å²) >= 11 is 0. The topological polar surface area (TPSA) is 77.0 Å². The van der Waals surface area contributed by atoms with Crippen LogP contribution in [0.1, 0.15) is 40.0 Å². The molecule has 3 rings (SSSR count). The number of nitrogens with zero attached hydrogens (tertiary/aromatic N) is 3. The maximum Gasteiger partial charge on any atom is 0.233 e. The Kier molecular flexibility index (Phi) is 10.1. The van der Waals surface area contributed by atoms with Crippen LogP contribution in [0.2, 0.25) is 0 Å². The summed E-state index contributed by atoms with van der Waals surface area (Å²) in [6.07, 6.45) is 7.04. The highest BCUT2D eigenvalue weighted by atomic mass is 127. The molecule has 0 aromatic heterocycles. The van der Waals surface area contributed by atoms with Gasteiger partial charge in [0, 0.05) is 26.2 Å². The van der Waals surface area contributed by atoms with Crippen molar-refractivity contribution in [3.05, 3.63) is 12.2 Å². The van der Waals surface area contributed by atoms with Crippen LogP contribution in [0, 0.1) is 23.7 Å². The number of nitrogens with one attached hydrogen (secondary N) is 2. The summed E-state index contributed by atoms with van der Waals surface area (Å²) in [5.74, 6) is 1.28. The molecule has 7 nitrogen and oxygen atoms in total. The van der Waals surface area contributed by atoms with Gasteiger partial charge in [-0.2, -0.15) is 0 Å². The number of imide groups is 1. The summed E-state index contributed by atoms with van der Waals surface area (Å²) in [6, 6.07) is 0. The van der Waals surface area contributed by atoms with Gasteiger partial charge in [0.05, 0.1) is 11.8 Å². The Hall–Kier alpha value is -1.16. The van der Waals surface area contributed by atoms with Crippen LogP contribution in [0.5, 0.6) is 0 Å². The zero-order valence-corrected chi connectivity index (χ0v) is 20.9. The maximum atomic E-state index is 12.7. The summed E-state index contributed by atoms with van der Waals surface area (Å²) < 4.78 is 0. The summed E-state index contributed by atoms with van der Waals surface area (Å²) in [6.45, 7) is 12.4. The lowest BCUT2D eigenvalue weighted by Crippen LogP contribution is -2.39. The minimum Gasteiger partial charge on any atom is -0.357 e. The van der Waals surface area contributed by atoms with Crippen LogP contribution in [0.15, 0.2) is 17.1 Å². The summed E-state index contributed by atoms with van der Waals surface area (Å²) in [5, 5.41) is 6.65. The quantitative estimate of drug-likeness (QED) is 0.107. The van der Waals surface area contributed by atoms with Gasteiger partial charge < -0.3 is 15.5 Å². The van der Waals surface area contributed by atoms with Crippen LogP contribution < -0.4 is 10.6 Å². The van der Waals surface area contributed by atoms with Gasteiger partial charge in [0.1, 0.15) is 0 Å². The van der Waals surface area contributed by atoms with Crippen molar-refractivity contribution in [2.24, 2.45) is 28.7 Å². The van der Waals surface area contributed by atoms with E-state index in [9.17, 15) is 9.59 Å². The second-order valence-corrected chi connectivity index (χ2v) is 8.25. The molecule has 2 aliphatic carbocycles. The third-order valence-corrected chi connectivity index (χ3v) is 6.55. The van der Waals surface area contributed by atoms with E-state index in [0.717, 1.165) is 51.5 Å². The smallest absolute Gasteiger partial charge is 0.233 e. The van der Waals surface area contributed by atoms with Crippen LogP contribution in [-0.2, 0) is 9.59 Å². The molecule has 1 heterocycles. The number of hydrogen-bond acceptors (Lipinski definition) is 4. The van der Waals surface area contributed by atoms with Crippen LogP contribution in [0.3, 0.4) is 0 Å². The minimum atomic E-state index is -0.0919. The summed E-state index contributed by atoms with van der Waals surface area (Å²) in [4.78, 5) is 33.9. The first kappa shape index (κ1) is 25.1. The molecule has 8 heteroatoms. The molecular formula is C22H38IN5O2. The van der Waals surface area contributed by atoms with E-state index in [2.05, 4.69) is 53.4 Å². The molecule has 2 bridgehead atoms. The molecule has 0 radical (unpaired) electrons. The molecule has 30 heavy (non-hydrogen) atoms. The number of allylic oxidation sites excluding steroid dienone is 2. The highest BCUT2D eigenvalue weighted by Crippen LogP contribution is 2.52. The van der Waals surface area contributed by atoms with E-state index in [1.807, 2.05) is 0 Å². The first-order valence-corrected chi connectivity index (χ1v) is 11.4. The molecule has 2 N–H and O–H groups in total. The molecule has 2 amide bonds. The Morgan fingerprint density at radius 3 is 2.27 bits per heavy atom. The number of carbonyl (C=O) groups excluding carboxylic acids is 2. The second kappa shape index (κ2) is 12.0. The Balaban J connectivity index is 0.00000320. The highest BCUT2D eigenvalue weighted by molar-refractivity contribution is 14.0. The van der Waals surface area contributed by atoms with E-state index in [4.69, 9.17) is 0 Å². The Bertz CT molecular complexity index is 619. The molecule has 3 aliphatic rings. The Labute approximate surface area is 198 Å². The Morgan fingerprint density at radius 1 is 1.07 bits per heavy atom. The predicted molar refractivity (Wildman–Crippen MR) is 131 cm³/mol. The van der Waals surface area contributed by atoms with E-state index in [1.54, 1.807) is 0 Å². The van der Waals surface area contributed by atoms with Crippen molar-refractivity contribution in [2.75, 3.05) is 45.8 Å². The fraction of sp³-hybridized carbons (Fsp3) is 0.773. The first-order chi connectivity index (χ1) is 14.1. The SMILES string of the molecule is CCNC(=NCCCN1C(=O)C2C3C=CC(C3)C2C1=O)NCCCN(CC)CC.I. The summed E-state index contributed by atoms with van der Waals surface area (Å²) in [5.41, 5.74) is 0. The maximum absolute atomic E-state index is 12.7. The number of amides is 2. The third-order valence-electron chi connectivity index (χ3n) is 6.55. The van der Waals surface area contributed by atoms with Crippen LogP contribution >= 0.6 is 24.0 Å². The first-order valence-electron chi connectivity index (χ1n) is 11.4. The van der Waals surface area contributed by atoms with E-state index < -0.39 is 0 Å². The van der Waals surface area contributed by atoms with Gasteiger partial charge in [-0.15, -0.1) is 24.0 Å². The largest absolute Gasteiger partial charge is 0.357 e. The fourth-order valence-electron chi connectivity index (χ4n) is 5.00. The second-order valence-electron chi connectivity index (χ2n) is 8.25. The average molecular weight is 531 g/mol. The van der Waals surface area contributed by atoms with Gasteiger partial charge in [0.25, 0.3) is 0 Å². The molecule has 1 saturated carbocycles. The molecule has 1 aliphatic heterocycles. The van der Waals surface area contributed by atoms with Crippen molar-refractivity contribution in [2.45, 2.75) is 40.0 Å². The molecule has 0 aromatic carbocycles. The van der Waals surface area contributed by atoms with E-state index in [0.29, 0.717) is 19.5 Å². The molecule has 0 spiro atoms. The molecular weight excluding hydrogens is 493 g/mol. The molecule has 0 aromatic rings.